The topological polar surface area (TPSA) is 108 Å². The quantitative estimate of drug-likeness (QED) is 0.603. The predicted octanol–water partition coefficient (Wildman–Crippen LogP) is -0.214. The van der Waals surface area contributed by atoms with Crippen molar-refractivity contribution < 1.29 is 24.2 Å². The molecule has 1 rings (SSSR count). The van der Waals surface area contributed by atoms with Crippen LogP contribution in [0, 0.1) is 0 Å². The third-order valence-corrected chi connectivity index (χ3v) is 3.16. The van der Waals surface area contributed by atoms with Crippen molar-refractivity contribution in [2.24, 2.45) is 0 Å². The van der Waals surface area contributed by atoms with Gasteiger partial charge in [-0.15, -0.1) is 0 Å². The van der Waals surface area contributed by atoms with Gasteiger partial charge < -0.3 is 25.4 Å². The van der Waals surface area contributed by atoms with Crippen LogP contribution in [0.2, 0.25) is 0 Å². The van der Waals surface area contributed by atoms with E-state index < -0.39 is 17.6 Å². The highest BCUT2D eigenvalue weighted by Gasteiger charge is 2.43. The molecule has 8 heteroatoms. The number of carboxylic acid groups (broad SMARTS) is 1. The molecule has 21 heavy (non-hydrogen) atoms. The van der Waals surface area contributed by atoms with Crippen LogP contribution in [-0.2, 0) is 14.3 Å². The van der Waals surface area contributed by atoms with E-state index in [1.54, 1.807) is 13.8 Å². The molecule has 1 aliphatic heterocycles. The summed E-state index contributed by atoms with van der Waals surface area (Å²) in [6, 6.07) is -0.971. The fraction of sp³-hybridized carbons (Fsp3) is 0.769. The average molecular weight is 301 g/mol. The monoisotopic (exact) mass is 301 g/mol. The minimum Gasteiger partial charge on any atom is -0.480 e. The molecular formula is C13H23N3O5. The first kappa shape index (κ1) is 17.2. The molecule has 0 spiro atoms. The van der Waals surface area contributed by atoms with Crippen LogP contribution in [0.15, 0.2) is 0 Å². The number of hydrogen-bond donors (Lipinski definition) is 3. The maximum absolute atomic E-state index is 11.9. The number of aliphatic carboxylic acids is 1. The molecule has 8 nitrogen and oxygen atoms in total. The summed E-state index contributed by atoms with van der Waals surface area (Å²) in [6.07, 6.45) is 0.831. The molecule has 0 bridgehead atoms. The summed E-state index contributed by atoms with van der Waals surface area (Å²) in [5.74, 6) is -1.27. The Morgan fingerprint density at radius 1 is 1.38 bits per heavy atom. The SMILES string of the molecule is CCCNC(=O)C(C)NC(=O)N1CC(C)(OCC(=O)O)C1. The van der Waals surface area contributed by atoms with Gasteiger partial charge in [-0.3, -0.25) is 4.79 Å². The summed E-state index contributed by atoms with van der Waals surface area (Å²) in [7, 11) is 0. The number of hydrogen-bond acceptors (Lipinski definition) is 4. The number of amides is 3. The Morgan fingerprint density at radius 2 is 2.00 bits per heavy atom. The highest BCUT2D eigenvalue weighted by atomic mass is 16.5. The summed E-state index contributed by atoms with van der Waals surface area (Å²) >= 11 is 0. The molecule has 0 aliphatic carbocycles. The predicted molar refractivity (Wildman–Crippen MR) is 74.9 cm³/mol. The molecule has 0 saturated carbocycles. The van der Waals surface area contributed by atoms with Gasteiger partial charge in [0.2, 0.25) is 5.91 Å². The lowest BCUT2D eigenvalue weighted by Crippen LogP contribution is -2.66. The number of nitrogens with one attached hydrogen (secondary N) is 2. The number of likely N-dealkylation sites (tertiary alicyclic amines) is 1. The average Bonchev–Trinajstić information content (AvgIpc) is 2.38. The maximum Gasteiger partial charge on any atom is 0.329 e. The Kier molecular flexibility index (Phi) is 5.95. The molecule has 3 N–H and O–H groups in total. The molecule has 0 aromatic carbocycles. The van der Waals surface area contributed by atoms with Gasteiger partial charge in [-0.2, -0.15) is 0 Å². The highest BCUT2D eigenvalue weighted by molar-refractivity contribution is 5.87. The number of nitrogens with zero attached hydrogens (tertiary/aromatic N) is 1. The minimum atomic E-state index is -1.04. The molecule has 1 heterocycles. The van der Waals surface area contributed by atoms with Gasteiger partial charge in [0.05, 0.1) is 13.1 Å². The third-order valence-electron chi connectivity index (χ3n) is 3.16. The van der Waals surface area contributed by atoms with Crippen LogP contribution in [0.5, 0.6) is 0 Å². The number of urea groups is 1. The van der Waals surface area contributed by atoms with Gasteiger partial charge in [0.25, 0.3) is 0 Å². The molecule has 1 saturated heterocycles. The zero-order valence-corrected chi connectivity index (χ0v) is 12.6. The van der Waals surface area contributed by atoms with E-state index in [1.807, 2.05) is 6.92 Å². The lowest BCUT2D eigenvalue weighted by atomic mass is 9.97. The standard InChI is InChI=1S/C13H23N3O5/c1-4-5-14-11(19)9(2)15-12(20)16-7-13(3,8-16)21-6-10(17)18/h9H,4-8H2,1-3H3,(H,14,19)(H,15,20)(H,17,18). The molecule has 0 aromatic heterocycles. The lowest BCUT2D eigenvalue weighted by Gasteiger charge is -2.47. The molecule has 1 unspecified atom stereocenters. The first-order chi connectivity index (χ1) is 9.77. The molecule has 0 aromatic rings. The van der Waals surface area contributed by atoms with E-state index in [0.29, 0.717) is 19.6 Å². The van der Waals surface area contributed by atoms with Crippen molar-refractivity contribution in [1.82, 2.24) is 15.5 Å². The number of carbonyl (C=O) groups is 3. The number of carboxylic acids is 1. The largest absolute Gasteiger partial charge is 0.480 e. The van der Waals surface area contributed by atoms with Gasteiger partial charge in [0.1, 0.15) is 18.2 Å². The van der Waals surface area contributed by atoms with Crippen LogP contribution < -0.4 is 10.6 Å². The molecule has 0 radical (unpaired) electrons. The second-order valence-corrected chi connectivity index (χ2v) is 5.45. The van der Waals surface area contributed by atoms with Gasteiger partial charge in [0.15, 0.2) is 0 Å². The highest BCUT2D eigenvalue weighted by Crippen LogP contribution is 2.24. The van der Waals surface area contributed by atoms with Gasteiger partial charge in [-0.1, -0.05) is 6.92 Å². The van der Waals surface area contributed by atoms with Crippen LogP contribution in [-0.4, -0.2) is 65.8 Å². The van der Waals surface area contributed by atoms with Crippen molar-refractivity contribution in [2.75, 3.05) is 26.2 Å². The van der Waals surface area contributed by atoms with Gasteiger partial charge in [-0.25, -0.2) is 9.59 Å². The van der Waals surface area contributed by atoms with Crippen LogP contribution in [0.1, 0.15) is 27.2 Å². The van der Waals surface area contributed by atoms with Crippen LogP contribution in [0.25, 0.3) is 0 Å². The van der Waals surface area contributed by atoms with Crippen molar-refractivity contribution >= 4 is 17.9 Å². The normalized spacial score (nSPS) is 17.6. The fourth-order valence-electron chi connectivity index (χ4n) is 1.98. The Labute approximate surface area is 123 Å². The second-order valence-electron chi connectivity index (χ2n) is 5.45. The Balaban J connectivity index is 2.32. The van der Waals surface area contributed by atoms with E-state index in [-0.39, 0.29) is 18.5 Å². The van der Waals surface area contributed by atoms with Crippen molar-refractivity contribution in [3.8, 4) is 0 Å². The fourth-order valence-corrected chi connectivity index (χ4v) is 1.98. The second kappa shape index (κ2) is 7.26. The van der Waals surface area contributed by atoms with Crippen molar-refractivity contribution in [3.05, 3.63) is 0 Å². The maximum atomic E-state index is 11.9. The number of carbonyl (C=O) groups excluding carboxylic acids is 2. The molecular weight excluding hydrogens is 278 g/mol. The molecule has 120 valence electrons. The van der Waals surface area contributed by atoms with Gasteiger partial charge >= 0.3 is 12.0 Å². The Morgan fingerprint density at radius 3 is 2.52 bits per heavy atom. The van der Waals surface area contributed by atoms with E-state index >= 15 is 0 Å². The molecule has 1 atom stereocenters. The summed E-state index contributed by atoms with van der Waals surface area (Å²) in [5.41, 5.74) is -0.635. The first-order valence-corrected chi connectivity index (χ1v) is 6.96. The molecule has 1 aliphatic rings. The summed E-state index contributed by atoms with van der Waals surface area (Å²) in [6.45, 7) is 6.10. The van der Waals surface area contributed by atoms with E-state index in [1.165, 1.54) is 4.90 Å². The van der Waals surface area contributed by atoms with Crippen molar-refractivity contribution in [2.45, 2.75) is 38.8 Å². The molecule has 1 fully saturated rings. The third kappa shape index (κ3) is 5.22. The summed E-state index contributed by atoms with van der Waals surface area (Å²) in [5, 5.41) is 13.9. The van der Waals surface area contributed by atoms with Gasteiger partial charge in [-0.05, 0) is 20.3 Å². The minimum absolute atomic E-state index is 0.226. The zero-order valence-electron chi connectivity index (χ0n) is 12.6. The van der Waals surface area contributed by atoms with Crippen molar-refractivity contribution in [1.29, 1.82) is 0 Å². The van der Waals surface area contributed by atoms with E-state index in [0.717, 1.165) is 6.42 Å². The van der Waals surface area contributed by atoms with E-state index in [2.05, 4.69) is 10.6 Å². The van der Waals surface area contributed by atoms with Crippen LogP contribution in [0.4, 0.5) is 4.79 Å². The number of ether oxygens (including phenoxy) is 1. The summed E-state index contributed by atoms with van der Waals surface area (Å²) < 4.78 is 5.21. The van der Waals surface area contributed by atoms with E-state index in [9.17, 15) is 14.4 Å². The summed E-state index contributed by atoms with van der Waals surface area (Å²) in [4.78, 5) is 35.5. The van der Waals surface area contributed by atoms with Crippen molar-refractivity contribution in [3.63, 3.8) is 0 Å². The van der Waals surface area contributed by atoms with E-state index in [4.69, 9.17) is 9.84 Å². The van der Waals surface area contributed by atoms with Gasteiger partial charge in [0, 0.05) is 6.54 Å². The number of rotatable bonds is 7. The lowest BCUT2D eigenvalue weighted by molar-refractivity contribution is -0.159. The molecule has 3 amide bonds. The zero-order chi connectivity index (χ0) is 16.0. The van der Waals surface area contributed by atoms with Crippen LogP contribution >= 0.6 is 0 Å². The smallest absolute Gasteiger partial charge is 0.329 e. The Hall–Kier alpha value is -1.83. The van der Waals surface area contributed by atoms with Crippen LogP contribution in [0.3, 0.4) is 0 Å². The first-order valence-electron chi connectivity index (χ1n) is 6.96. The Bertz CT molecular complexity index is 407.